The zero-order valence-corrected chi connectivity index (χ0v) is 25.6. The first-order valence-electron chi connectivity index (χ1n) is 13.8. The number of anilines is 1. The summed E-state index contributed by atoms with van der Waals surface area (Å²) >= 11 is 8.34. The molecule has 3 heterocycles. The van der Waals surface area contributed by atoms with Crippen molar-refractivity contribution in [3.05, 3.63) is 64.1 Å². The lowest BCUT2D eigenvalue weighted by molar-refractivity contribution is -0.130. The van der Waals surface area contributed by atoms with E-state index >= 15 is 4.39 Å². The Kier molecular flexibility index (Phi) is 8.94. The predicted octanol–water partition coefficient (Wildman–Crippen LogP) is 4.66. The normalized spacial score (nSPS) is 20.7. The minimum absolute atomic E-state index is 0.147. The topological polar surface area (TPSA) is 70.9 Å². The maximum absolute atomic E-state index is 15.2. The Labute approximate surface area is 252 Å². The van der Waals surface area contributed by atoms with E-state index in [9.17, 15) is 14.0 Å². The Morgan fingerprint density at radius 3 is 2.57 bits per heavy atom. The Morgan fingerprint density at radius 2 is 1.93 bits per heavy atom. The number of amides is 1. The number of thioether (sulfide) groups is 1. The third-order valence-corrected chi connectivity index (χ3v) is 9.21. The fourth-order valence-electron chi connectivity index (χ4n) is 5.83. The average molecular weight is 618 g/mol. The first kappa shape index (κ1) is 30.5. The van der Waals surface area contributed by atoms with Crippen molar-refractivity contribution >= 4 is 46.0 Å². The van der Waals surface area contributed by atoms with Crippen molar-refractivity contribution in [1.29, 1.82) is 0 Å². The zero-order chi connectivity index (χ0) is 30.3. The van der Waals surface area contributed by atoms with Crippen molar-refractivity contribution in [2.24, 2.45) is 0 Å². The van der Waals surface area contributed by atoms with Gasteiger partial charge in [0.25, 0.3) is 0 Å². The molecule has 3 aromatic rings. The molecule has 42 heavy (non-hydrogen) atoms. The molecule has 1 saturated heterocycles. The summed E-state index contributed by atoms with van der Waals surface area (Å²) in [5.41, 5.74) is 0.671. The molecule has 2 aromatic carbocycles. The van der Waals surface area contributed by atoms with Gasteiger partial charge in [0, 0.05) is 64.9 Å². The minimum Gasteiger partial charge on any atom is -0.374 e. The lowest BCUT2D eigenvalue weighted by Gasteiger charge is -2.44. The van der Waals surface area contributed by atoms with Gasteiger partial charge in [-0.1, -0.05) is 18.2 Å². The van der Waals surface area contributed by atoms with Gasteiger partial charge in [0.05, 0.1) is 29.8 Å². The van der Waals surface area contributed by atoms with Crippen LogP contribution in [0, 0.1) is 11.6 Å². The number of ether oxygens (including phenoxy) is 1. The van der Waals surface area contributed by atoms with E-state index in [1.165, 1.54) is 30.0 Å². The van der Waals surface area contributed by atoms with E-state index in [2.05, 4.69) is 11.6 Å². The number of aromatic nitrogens is 2. The van der Waals surface area contributed by atoms with E-state index in [1.807, 2.05) is 37.7 Å². The third-order valence-electron chi connectivity index (χ3n) is 7.69. The Balaban J connectivity index is 1.68. The first-order chi connectivity index (χ1) is 20.0. The summed E-state index contributed by atoms with van der Waals surface area (Å²) in [5.74, 6) is -0.642. The highest BCUT2D eigenvalue weighted by molar-refractivity contribution is 7.99. The van der Waals surface area contributed by atoms with Gasteiger partial charge in [0.1, 0.15) is 17.5 Å². The molecule has 2 aliphatic heterocycles. The van der Waals surface area contributed by atoms with E-state index in [4.69, 9.17) is 16.3 Å². The number of hydrogen-bond acceptors (Lipinski definition) is 7. The highest BCUT2D eigenvalue weighted by Crippen LogP contribution is 2.46. The molecule has 0 spiro atoms. The second-order valence-corrected chi connectivity index (χ2v) is 12.5. The van der Waals surface area contributed by atoms with E-state index in [1.54, 1.807) is 15.5 Å². The lowest BCUT2D eigenvalue weighted by atomic mass is 10.0. The minimum atomic E-state index is -0.745. The highest BCUT2D eigenvalue weighted by atomic mass is 35.5. The van der Waals surface area contributed by atoms with Crippen molar-refractivity contribution < 1.29 is 18.3 Å². The van der Waals surface area contributed by atoms with Gasteiger partial charge >= 0.3 is 5.69 Å². The summed E-state index contributed by atoms with van der Waals surface area (Å²) in [7, 11) is 3.91. The zero-order valence-electron chi connectivity index (χ0n) is 24.1. The van der Waals surface area contributed by atoms with Gasteiger partial charge in [-0.05, 0) is 52.2 Å². The smallest absolute Gasteiger partial charge is 0.350 e. The van der Waals surface area contributed by atoms with Crippen LogP contribution >= 0.6 is 23.4 Å². The van der Waals surface area contributed by atoms with E-state index < -0.39 is 17.3 Å². The second kappa shape index (κ2) is 12.3. The molecule has 224 valence electrons. The van der Waals surface area contributed by atoms with E-state index in [0.717, 1.165) is 6.07 Å². The lowest BCUT2D eigenvalue weighted by Crippen LogP contribution is -2.58. The number of halogens is 3. The number of benzene rings is 2. The number of likely N-dealkylation sites (N-methyl/N-ethyl adjacent to an activating group) is 1. The quantitative estimate of drug-likeness (QED) is 0.357. The summed E-state index contributed by atoms with van der Waals surface area (Å²) in [4.78, 5) is 37.2. The molecule has 0 saturated carbocycles. The molecule has 0 N–H and O–H groups in total. The largest absolute Gasteiger partial charge is 0.374 e. The first-order valence-corrected chi connectivity index (χ1v) is 15.2. The van der Waals surface area contributed by atoms with Gasteiger partial charge < -0.3 is 19.4 Å². The number of hydrogen-bond donors (Lipinski definition) is 0. The monoisotopic (exact) mass is 617 g/mol. The Hall–Kier alpha value is -2.99. The number of nitrogens with zero attached hydrogens (tertiary/aromatic N) is 5. The standard InChI is InChI=1S/C30H34ClF2N5O3S/c1-6-25(39)38-17(2)13-36(14-18(38)3)29-22-12-23(31)26(21-8-7-19(32)11-24(21)33)28-27(22)37(30(40)34-29)15-20(16-42-28)41-10-9-35(4)5/h6-8,11-12,17-18,20H,1,9-10,13-16H2,2-5H3/t17-,18+,20?. The molecule has 1 unspecified atom stereocenters. The van der Waals surface area contributed by atoms with Gasteiger partial charge in [-0.3, -0.25) is 9.36 Å². The van der Waals surface area contributed by atoms with Gasteiger partial charge in [-0.2, -0.15) is 4.98 Å². The van der Waals surface area contributed by atoms with Crippen molar-refractivity contribution in [2.45, 2.75) is 43.5 Å². The summed E-state index contributed by atoms with van der Waals surface area (Å²) in [6.45, 7) is 9.86. The second-order valence-electron chi connectivity index (χ2n) is 11.1. The fraction of sp³-hybridized carbons (Fsp3) is 0.433. The predicted molar refractivity (Wildman–Crippen MR) is 164 cm³/mol. The van der Waals surface area contributed by atoms with Gasteiger partial charge in [-0.15, -0.1) is 11.8 Å². The molecule has 0 aliphatic carbocycles. The van der Waals surface area contributed by atoms with Gasteiger partial charge in [-0.25, -0.2) is 13.6 Å². The number of piperazine rings is 1. The van der Waals surface area contributed by atoms with Crippen molar-refractivity contribution in [3.8, 4) is 11.1 Å². The summed E-state index contributed by atoms with van der Waals surface area (Å²) in [5, 5.41) is 0.905. The summed E-state index contributed by atoms with van der Waals surface area (Å²) in [6.07, 6.45) is 0.998. The molecule has 8 nitrogen and oxygen atoms in total. The van der Waals surface area contributed by atoms with Crippen LogP contribution in [0.4, 0.5) is 14.6 Å². The molecule has 12 heteroatoms. The van der Waals surface area contributed by atoms with Crippen LogP contribution in [0.25, 0.3) is 22.0 Å². The van der Waals surface area contributed by atoms with Crippen LogP contribution in [0.2, 0.25) is 5.02 Å². The molecule has 1 aromatic heterocycles. The van der Waals surface area contributed by atoms with Crippen LogP contribution in [-0.4, -0.2) is 89.5 Å². The molecule has 5 rings (SSSR count). The molecule has 3 atom stereocenters. The number of carbonyl (C=O) groups is 1. The van der Waals surface area contributed by atoms with Crippen molar-refractivity contribution in [1.82, 2.24) is 19.4 Å². The molecular weight excluding hydrogens is 584 g/mol. The molecule has 1 amide bonds. The van der Waals surface area contributed by atoms with Crippen LogP contribution in [-0.2, 0) is 16.1 Å². The maximum Gasteiger partial charge on any atom is 0.350 e. The molecule has 1 fully saturated rings. The maximum atomic E-state index is 15.2. The molecule has 2 aliphatic rings. The third kappa shape index (κ3) is 5.79. The molecular formula is C30H34ClF2N5O3S. The van der Waals surface area contributed by atoms with Crippen molar-refractivity contribution in [3.63, 3.8) is 0 Å². The number of rotatable bonds is 7. The Bertz CT molecular complexity index is 1590. The van der Waals surface area contributed by atoms with Crippen LogP contribution < -0.4 is 10.6 Å². The highest BCUT2D eigenvalue weighted by Gasteiger charge is 2.35. The van der Waals surface area contributed by atoms with E-state index in [0.29, 0.717) is 59.2 Å². The SMILES string of the molecule is C=CC(=O)N1[C@H](C)CN(c2nc(=O)n3c4c(c(-c5ccc(F)cc5F)c(Cl)cc24)SCC(OCCN(C)C)C3)C[C@@H]1C. The van der Waals surface area contributed by atoms with E-state index in [-0.39, 0.29) is 41.2 Å². The van der Waals surface area contributed by atoms with Gasteiger partial charge in [0.2, 0.25) is 5.91 Å². The van der Waals surface area contributed by atoms with Crippen LogP contribution in [0.15, 0.2) is 46.6 Å². The van der Waals surface area contributed by atoms with Crippen LogP contribution in [0.5, 0.6) is 0 Å². The number of carbonyl (C=O) groups excluding carboxylic acids is 1. The van der Waals surface area contributed by atoms with Crippen LogP contribution in [0.1, 0.15) is 13.8 Å². The van der Waals surface area contributed by atoms with Gasteiger partial charge in [0.15, 0.2) is 0 Å². The fourth-order valence-corrected chi connectivity index (χ4v) is 7.46. The van der Waals surface area contributed by atoms with Crippen molar-refractivity contribution in [2.75, 3.05) is 51.0 Å². The average Bonchev–Trinajstić information content (AvgIpc) is 3.11. The summed E-state index contributed by atoms with van der Waals surface area (Å²) in [6, 6.07) is 4.77. The Morgan fingerprint density at radius 1 is 1.21 bits per heavy atom. The van der Waals surface area contributed by atoms with Crippen LogP contribution in [0.3, 0.4) is 0 Å². The molecule has 0 bridgehead atoms. The summed E-state index contributed by atoms with van der Waals surface area (Å²) < 4.78 is 36.8. The molecule has 0 radical (unpaired) electrons.